The molecule has 0 spiro atoms. The standard InChI is InChI=1S/C19H21NO4/c1-3-23-13-17(21)24-18(15-7-5-4-6-8-15)19(22)20-16-11-9-14(2)10-12-16/h4-12,18H,3,13H2,1-2H3,(H,20,22)/t18-/m0/s1. The molecule has 24 heavy (non-hydrogen) atoms. The predicted octanol–water partition coefficient (Wildman–Crippen LogP) is 3.25. The summed E-state index contributed by atoms with van der Waals surface area (Å²) in [6, 6.07) is 16.3. The zero-order chi connectivity index (χ0) is 17.4. The molecule has 2 aromatic rings. The normalized spacial score (nSPS) is 11.6. The predicted molar refractivity (Wildman–Crippen MR) is 91.6 cm³/mol. The van der Waals surface area contributed by atoms with Crippen molar-refractivity contribution in [1.29, 1.82) is 0 Å². The Kier molecular flexibility index (Phi) is 6.51. The monoisotopic (exact) mass is 327 g/mol. The molecule has 0 heterocycles. The molecule has 0 bridgehead atoms. The van der Waals surface area contributed by atoms with Crippen LogP contribution in [-0.2, 0) is 19.1 Å². The van der Waals surface area contributed by atoms with Gasteiger partial charge in [-0.3, -0.25) is 4.79 Å². The zero-order valence-electron chi connectivity index (χ0n) is 13.8. The maximum Gasteiger partial charge on any atom is 0.333 e. The average molecular weight is 327 g/mol. The highest BCUT2D eigenvalue weighted by molar-refractivity contribution is 5.96. The fraction of sp³-hybridized carbons (Fsp3) is 0.263. The Morgan fingerprint density at radius 3 is 2.33 bits per heavy atom. The number of carbonyl (C=O) groups excluding carboxylic acids is 2. The van der Waals surface area contributed by atoms with Gasteiger partial charge < -0.3 is 14.8 Å². The van der Waals surface area contributed by atoms with Crippen LogP contribution < -0.4 is 5.32 Å². The van der Waals surface area contributed by atoms with Crippen LogP contribution in [0.3, 0.4) is 0 Å². The number of aryl methyl sites for hydroxylation is 1. The van der Waals surface area contributed by atoms with Crippen LogP contribution in [0.4, 0.5) is 5.69 Å². The molecule has 0 aromatic heterocycles. The van der Waals surface area contributed by atoms with Gasteiger partial charge in [-0.2, -0.15) is 0 Å². The molecule has 2 rings (SSSR count). The van der Waals surface area contributed by atoms with Gasteiger partial charge in [0.2, 0.25) is 6.10 Å². The molecule has 1 atom stereocenters. The highest BCUT2D eigenvalue weighted by Crippen LogP contribution is 2.20. The van der Waals surface area contributed by atoms with Crippen molar-refractivity contribution in [1.82, 2.24) is 0 Å². The first-order valence-corrected chi connectivity index (χ1v) is 7.80. The van der Waals surface area contributed by atoms with Gasteiger partial charge in [-0.05, 0) is 26.0 Å². The summed E-state index contributed by atoms with van der Waals surface area (Å²) in [4.78, 5) is 24.4. The van der Waals surface area contributed by atoms with Crippen molar-refractivity contribution in [3.8, 4) is 0 Å². The van der Waals surface area contributed by atoms with Crippen molar-refractivity contribution in [3.05, 3.63) is 65.7 Å². The number of carbonyl (C=O) groups is 2. The first-order chi connectivity index (χ1) is 11.6. The van der Waals surface area contributed by atoms with Crippen LogP contribution in [-0.4, -0.2) is 25.1 Å². The Bertz CT molecular complexity index is 668. The molecule has 1 amide bonds. The van der Waals surface area contributed by atoms with Gasteiger partial charge in [0.25, 0.3) is 5.91 Å². The largest absolute Gasteiger partial charge is 0.446 e. The highest BCUT2D eigenvalue weighted by atomic mass is 16.6. The Morgan fingerprint density at radius 1 is 1.04 bits per heavy atom. The minimum atomic E-state index is -1.03. The second-order valence-electron chi connectivity index (χ2n) is 5.27. The summed E-state index contributed by atoms with van der Waals surface area (Å²) < 4.78 is 10.4. The Hall–Kier alpha value is -2.66. The van der Waals surface area contributed by atoms with Crippen molar-refractivity contribution in [2.75, 3.05) is 18.5 Å². The van der Waals surface area contributed by atoms with Gasteiger partial charge in [0.15, 0.2) is 0 Å². The minimum Gasteiger partial charge on any atom is -0.446 e. The number of anilines is 1. The van der Waals surface area contributed by atoms with E-state index in [1.165, 1.54) is 0 Å². The third-order valence-corrected chi connectivity index (χ3v) is 3.33. The van der Waals surface area contributed by atoms with E-state index in [1.807, 2.05) is 25.1 Å². The first kappa shape index (κ1) is 17.7. The summed E-state index contributed by atoms with van der Waals surface area (Å²) in [7, 11) is 0. The number of amides is 1. The quantitative estimate of drug-likeness (QED) is 0.793. The van der Waals surface area contributed by atoms with Crippen LogP contribution >= 0.6 is 0 Å². The number of benzene rings is 2. The molecule has 0 radical (unpaired) electrons. The van der Waals surface area contributed by atoms with Gasteiger partial charge in [0.1, 0.15) is 6.61 Å². The van der Waals surface area contributed by atoms with E-state index in [0.717, 1.165) is 5.56 Å². The lowest BCUT2D eigenvalue weighted by atomic mass is 10.1. The maximum atomic E-state index is 12.6. The first-order valence-electron chi connectivity index (χ1n) is 7.80. The van der Waals surface area contributed by atoms with Crippen LogP contribution in [0.2, 0.25) is 0 Å². The lowest BCUT2D eigenvalue weighted by Crippen LogP contribution is -2.27. The summed E-state index contributed by atoms with van der Waals surface area (Å²) in [5.41, 5.74) is 2.34. The fourth-order valence-electron chi connectivity index (χ4n) is 2.10. The summed E-state index contributed by atoms with van der Waals surface area (Å²) in [5, 5.41) is 2.77. The zero-order valence-corrected chi connectivity index (χ0v) is 13.8. The maximum absolute atomic E-state index is 12.6. The number of hydrogen-bond acceptors (Lipinski definition) is 4. The van der Waals surface area contributed by atoms with Crippen molar-refractivity contribution in [2.24, 2.45) is 0 Å². The van der Waals surface area contributed by atoms with Gasteiger partial charge in [0.05, 0.1) is 0 Å². The van der Waals surface area contributed by atoms with Gasteiger partial charge in [-0.1, -0.05) is 48.0 Å². The summed E-state index contributed by atoms with van der Waals surface area (Å²) in [6.45, 7) is 3.97. The van der Waals surface area contributed by atoms with Gasteiger partial charge >= 0.3 is 5.97 Å². The van der Waals surface area contributed by atoms with E-state index in [0.29, 0.717) is 17.9 Å². The lowest BCUT2D eigenvalue weighted by molar-refractivity contribution is -0.159. The van der Waals surface area contributed by atoms with Crippen LogP contribution in [0.1, 0.15) is 24.2 Å². The molecule has 0 fully saturated rings. The fourth-order valence-corrected chi connectivity index (χ4v) is 2.10. The van der Waals surface area contributed by atoms with E-state index >= 15 is 0 Å². The molecule has 2 aromatic carbocycles. The van der Waals surface area contributed by atoms with Crippen molar-refractivity contribution >= 4 is 17.6 Å². The topological polar surface area (TPSA) is 64.6 Å². The number of esters is 1. The Labute approximate surface area is 141 Å². The van der Waals surface area contributed by atoms with Gasteiger partial charge in [0, 0.05) is 17.9 Å². The SMILES string of the molecule is CCOCC(=O)O[C@H](C(=O)Nc1ccc(C)cc1)c1ccccc1. The van der Waals surface area contributed by atoms with Crippen LogP contribution in [0, 0.1) is 6.92 Å². The smallest absolute Gasteiger partial charge is 0.333 e. The molecule has 1 N–H and O–H groups in total. The molecule has 0 saturated heterocycles. The number of nitrogens with one attached hydrogen (secondary N) is 1. The van der Waals surface area contributed by atoms with Crippen molar-refractivity contribution < 1.29 is 19.1 Å². The van der Waals surface area contributed by atoms with Crippen LogP contribution in [0.15, 0.2) is 54.6 Å². The third kappa shape index (κ3) is 5.21. The molecule has 5 nitrogen and oxygen atoms in total. The molecule has 0 aliphatic carbocycles. The van der Waals surface area contributed by atoms with E-state index in [9.17, 15) is 9.59 Å². The molecule has 0 unspecified atom stereocenters. The van der Waals surface area contributed by atoms with Gasteiger partial charge in [-0.15, -0.1) is 0 Å². The summed E-state index contributed by atoms with van der Waals surface area (Å²) >= 11 is 0. The number of ether oxygens (including phenoxy) is 2. The third-order valence-electron chi connectivity index (χ3n) is 3.33. The molecular formula is C19H21NO4. The van der Waals surface area contributed by atoms with E-state index in [4.69, 9.17) is 9.47 Å². The molecule has 5 heteroatoms. The Balaban J connectivity index is 2.13. The summed E-state index contributed by atoms with van der Waals surface area (Å²) in [6.07, 6.45) is -1.03. The second kappa shape index (κ2) is 8.84. The molecule has 126 valence electrons. The van der Waals surface area contributed by atoms with Crippen LogP contribution in [0.5, 0.6) is 0 Å². The van der Waals surface area contributed by atoms with E-state index in [2.05, 4.69) is 5.32 Å². The summed E-state index contributed by atoms with van der Waals surface area (Å²) in [5.74, 6) is -0.986. The lowest BCUT2D eigenvalue weighted by Gasteiger charge is -2.18. The molecule has 0 aliphatic heterocycles. The minimum absolute atomic E-state index is 0.183. The van der Waals surface area contributed by atoms with E-state index in [1.54, 1.807) is 43.3 Å². The van der Waals surface area contributed by atoms with Crippen molar-refractivity contribution in [2.45, 2.75) is 20.0 Å². The van der Waals surface area contributed by atoms with Crippen molar-refractivity contribution in [3.63, 3.8) is 0 Å². The highest BCUT2D eigenvalue weighted by Gasteiger charge is 2.25. The van der Waals surface area contributed by atoms with E-state index < -0.39 is 18.0 Å². The average Bonchev–Trinajstić information content (AvgIpc) is 2.60. The number of rotatable bonds is 7. The van der Waals surface area contributed by atoms with Crippen LogP contribution in [0.25, 0.3) is 0 Å². The number of hydrogen-bond donors (Lipinski definition) is 1. The van der Waals surface area contributed by atoms with Gasteiger partial charge in [-0.25, -0.2) is 4.79 Å². The second-order valence-corrected chi connectivity index (χ2v) is 5.27. The molecular weight excluding hydrogens is 306 g/mol. The Morgan fingerprint density at radius 2 is 1.71 bits per heavy atom. The molecule has 0 saturated carbocycles. The molecule has 0 aliphatic rings. The van der Waals surface area contributed by atoms with E-state index in [-0.39, 0.29) is 6.61 Å².